The number of carbonyl (C=O) groups is 1. The number of hydrogen-bond acceptors (Lipinski definition) is 3. The Bertz CT molecular complexity index is 368. The molecule has 1 amide bonds. The summed E-state index contributed by atoms with van der Waals surface area (Å²) in [4.78, 5) is 10.7. The highest BCUT2D eigenvalue weighted by atomic mass is 35.5. The lowest BCUT2D eigenvalue weighted by Gasteiger charge is -2.11. The van der Waals surface area contributed by atoms with Crippen LogP contribution < -0.4 is 16.2 Å². The highest BCUT2D eigenvalue weighted by molar-refractivity contribution is 6.32. The zero-order valence-corrected chi connectivity index (χ0v) is 9.12. The molecule has 0 bridgehead atoms. The van der Waals surface area contributed by atoms with E-state index in [-0.39, 0.29) is 6.42 Å². The fourth-order valence-corrected chi connectivity index (χ4v) is 1.51. The summed E-state index contributed by atoms with van der Waals surface area (Å²) in [6.45, 7) is 0. The van der Waals surface area contributed by atoms with Crippen LogP contribution in [0.3, 0.4) is 0 Å². The lowest BCUT2D eigenvalue weighted by Crippen LogP contribution is -2.20. The van der Waals surface area contributed by atoms with Gasteiger partial charge in [0.05, 0.1) is 12.1 Å². The number of nitrogens with two attached hydrogens (primary N) is 2. The van der Waals surface area contributed by atoms with Crippen molar-refractivity contribution in [2.24, 2.45) is 11.5 Å². The maximum absolute atomic E-state index is 10.7. The molecular formula is C10H13ClN2O2. The molecule has 1 aromatic carbocycles. The van der Waals surface area contributed by atoms with Crippen LogP contribution in [0.2, 0.25) is 5.02 Å². The molecule has 0 aromatic heterocycles. The predicted octanol–water partition coefficient (Wildman–Crippen LogP) is 1.22. The first kappa shape index (κ1) is 11.8. The Labute approximate surface area is 93.1 Å². The zero-order valence-electron chi connectivity index (χ0n) is 8.37. The Balaban J connectivity index is 2.87. The molecule has 0 heterocycles. The van der Waals surface area contributed by atoms with Crippen LogP contribution in [-0.2, 0) is 4.79 Å². The number of hydrogen-bond donors (Lipinski definition) is 2. The van der Waals surface area contributed by atoms with Gasteiger partial charge in [-0.3, -0.25) is 4.79 Å². The molecule has 0 radical (unpaired) electrons. The van der Waals surface area contributed by atoms with Crippen molar-refractivity contribution in [3.8, 4) is 5.75 Å². The molecule has 0 aliphatic heterocycles. The SMILES string of the molecule is COc1ccc(C(N)CC(N)=O)cc1Cl. The van der Waals surface area contributed by atoms with Gasteiger partial charge in [-0.2, -0.15) is 0 Å². The van der Waals surface area contributed by atoms with Crippen molar-refractivity contribution < 1.29 is 9.53 Å². The van der Waals surface area contributed by atoms with E-state index >= 15 is 0 Å². The van der Waals surface area contributed by atoms with Crippen LogP contribution >= 0.6 is 11.6 Å². The Morgan fingerprint density at radius 3 is 2.73 bits per heavy atom. The molecular weight excluding hydrogens is 216 g/mol. The molecule has 4 N–H and O–H groups in total. The van der Waals surface area contributed by atoms with Gasteiger partial charge in [0, 0.05) is 12.5 Å². The van der Waals surface area contributed by atoms with Crippen molar-refractivity contribution in [2.75, 3.05) is 7.11 Å². The quantitative estimate of drug-likeness (QED) is 0.814. The number of benzene rings is 1. The Morgan fingerprint density at radius 1 is 1.60 bits per heavy atom. The third-order valence-corrected chi connectivity index (χ3v) is 2.32. The van der Waals surface area contributed by atoms with Gasteiger partial charge in [0.1, 0.15) is 5.75 Å². The predicted molar refractivity (Wildman–Crippen MR) is 58.7 cm³/mol. The number of carbonyl (C=O) groups excluding carboxylic acids is 1. The van der Waals surface area contributed by atoms with Crippen molar-refractivity contribution in [3.63, 3.8) is 0 Å². The summed E-state index contributed by atoms with van der Waals surface area (Å²) in [5.41, 5.74) is 11.6. The van der Waals surface area contributed by atoms with E-state index < -0.39 is 11.9 Å². The Kier molecular flexibility index (Phi) is 3.94. The van der Waals surface area contributed by atoms with Crippen molar-refractivity contribution in [1.29, 1.82) is 0 Å². The van der Waals surface area contributed by atoms with E-state index in [9.17, 15) is 4.79 Å². The third kappa shape index (κ3) is 3.11. The van der Waals surface area contributed by atoms with Crippen LogP contribution in [0.4, 0.5) is 0 Å². The largest absolute Gasteiger partial charge is 0.495 e. The fourth-order valence-electron chi connectivity index (χ4n) is 1.25. The summed E-state index contributed by atoms with van der Waals surface area (Å²) in [6.07, 6.45) is 0.0999. The number of amides is 1. The molecule has 0 fully saturated rings. The van der Waals surface area contributed by atoms with Crippen molar-refractivity contribution in [1.82, 2.24) is 0 Å². The van der Waals surface area contributed by atoms with Gasteiger partial charge < -0.3 is 16.2 Å². The summed E-state index contributed by atoms with van der Waals surface area (Å²) in [5, 5.41) is 0.468. The van der Waals surface area contributed by atoms with E-state index in [0.717, 1.165) is 5.56 Å². The third-order valence-electron chi connectivity index (χ3n) is 2.03. The van der Waals surface area contributed by atoms with Crippen molar-refractivity contribution in [3.05, 3.63) is 28.8 Å². The van der Waals surface area contributed by atoms with E-state index in [0.29, 0.717) is 10.8 Å². The molecule has 82 valence electrons. The van der Waals surface area contributed by atoms with E-state index in [1.165, 1.54) is 7.11 Å². The van der Waals surface area contributed by atoms with Crippen LogP contribution in [0, 0.1) is 0 Å². The highest BCUT2D eigenvalue weighted by Gasteiger charge is 2.11. The summed E-state index contributed by atoms with van der Waals surface area (Å²) in [7, 11) is 1.53. The lowest BCUT2D eigenvalue weighted by molar-refractivity contribution is -0.118. The molecule has 1 unspecified atom stereocenters. The second kappa shape index (κ2) is 5.00. The Hall–Kier alpha value is -1.26. The summed E-state index contributed by atoms with van der Waals surface area (Å²) >= 11 is 5.91. The molecule has 0 aliphatic rings. The molecule has 0 saturated heterocycles. The smallest absolute Gasteiger partial charge is 0.219 e. The number of halogens is 1. The molecule has 15 heavy (non-hydrogen) atoms. The van der Waals surface area contributed by atoms with Gasteiger partial charge in [-0.1, -0.05) is 17.7 Å². The number of primary amides is 1. The molecule has 5 heteroatoms. The van der Waals surface area contributed by atoms with E-state index in [1.807, 2.05) is 0 Å². The minimum Gasteiger partial charge on any atom is -0.495 e. The fraction of sp³-hybridized carbons (Fsp3) is 0.300. The van der Waals surface area contributed by atoms with E-state index in [1.54, 1.807) is 18.2 Å². The first-order chi connectivity index (χ1) is 7.04. The van der Waals surface area contributed by atoms with Gasteiger partial charge in [-0.05, 0) is 17.7 Å². The maximum Gasteiger partial charge on any atom is 0.219 e. The second-order valence-corrected chi connectivity index (χ2v) is 3.58. The van der Waals surface area contributed by atoms with Crippen molar-refractivity contribution >= 4 is 17.5 Å². The van der Waals surface area contributed by atoms with Crippen LogP contribution in [0.25, 0.3) is 0 Å². The summed E-state index contributed by atoms with van der Waals surface area (Å²) < 4.78 is 5.00. The number of methoxy groups -OCH3 is 1. The molecule has 1 atom stereocenters. The monoisotopic (exact) mass is 228 g/mol. The molecule has 4 nitrogen and oxygen atoms in total. The van der Waals surface area contributed by atoms with Gasteiger partial charge >= 0.3 is 0 Å². The topological polar surface area (TPSA) is 78.3 Å². The van der Waals surface area contributed by atoms with Gasteiger partial charge in [0.25, 0.3) is 0 Å². The second-order valence-electron chi connectivity index (χ2n) is 3.17. The highest BCUT2D eigenvalue weighted by Crippen LogP contribution is 2.27. The number of ether oxygens (including phenoxy) is 1. The van der Waals surface area contributed by atoms with E-state index in [4.69, 9.17) is 27.8 Å². The van der Waals surface area contributed by atoms with Gasteiger partial charge in [0.2, 0.25) is 5.91 Å². The van der Waals surface area contributed by atoms with Crippen molar-refractivity contribution in [2.45, 2.75) is 12.5 Å². The minimum atomic E-state index is -0.436. The normalized spacial score (nSPS) is 12.2. The van der Waals surface area contributed by atoms with E-state index in [2.05, 4.69) is 0 Å². The van der Waals surface area contributed by atoms with Gasteiger partial charge in [-0.25, -0.2) is 0 Å². The minimum absolute atomic E-state index is 0.0999. The molecule has 0 aliphatic carbocycles. The average Bonchev–Trinajstić information content (AvgIpc) is 2.16. The Morgan fingerprint density at radius 2 is 2.27 bits per heavy atom. The first-order valence-electron chi connectivity index (χ1n) is 4.42. The van der Waals surface area contributed by atoms with Gasteiger partial charge in [0.15, 0.2) is 0 Å². The molecule has 0 spiro atoms. The first-order valence-corrected chi connectivity index (χ1v) is 4.79. The standard InChI is InChI=1S/C10H13ClN2O2/c1-15-9-3-2-6(4-7(9)11)8(12)5-10(13)14/h2-4,8H,5,12H2,1H3,(H2,13,14). The van der Waals surface area contributed by atoms with Crippen LogP contribution in [0.5, 0.6) is 5.75 Å². The van der Waals surface area contributed by atoms with Crippen LogP contribution in [0.1, 0.15) is 18.0 Å². The van der Waals surface area contributed by atoms with Crippen LogP contribution in [-0.4, -0.2) is 13.0 Å². The maximum atomic E-state index is 10.7. The summed E-state index contributed by atoms with van der Waals surface area (Å²) in [6, 6.07) is 4.72. The molecule has 1 aromatic rings. The van der Waals surface area contributed by atoms with Crippen LogP contribution in [0.15, 0.2) is 18.2 Å². The number of rotatable bonds is 4. The van der Waals surface area contributed by atoms with Gasteiger partial charge in [-0.15, -0.1) is 0 Å². The lowest BCUT2D eigenvalue weighted by atomic mass is 10.0. The molecule has 0 saturated carbocycles. The summed E-state index contributed by atoms with van der Waals surface area (Å²) in [5.74, 6) is 0.140. The molecule has 1 rings (SSSR count). The average molecular weight is 229 g/mol. The zero-order chi connectivity index (χ0) is 11.4.